The SMILES string of the molecule is CCO[Si](C)(CCC(CC)NC)OCC. The molecule has 0 rings (SSSR count). The van der Waals surface area contributed by atoms with Crippen LogP contribution in [-0.2, 0) is 8.85 Å². The molecule has 0 aromatic rings. The quantitative estimate of drug-likeness (QED) is 0.621. The highest BCUT2D eigenvalue weighted by molar-refractivity contribution is 6.66. The van der Waals surface area contributed by atoms with Gasteiger partial charge < -0.3 is 14.2 Å². The van der Waals surface area contributed by atoms with Gasteiger partial charge in [-0.3, -0.25) is 0 Å². The molecule has 1 N–H and O–H groups in total. The predicted molar refractivity (Wildman–Crippen MR) is 67.4 cm³/mol. The summed E-state index contributed by atoms with van der Waals surface area (Å²) in [6.45, 7) is 9.99. The molecule has 0 aliphatic heterocycles. The summed E-state index contributed by atoms with van der Waals surface area (Å²) >= 11 is 0. The number of hydrogen-bond donors (Lipinski definition) is 1. The molecule has 0 bridgehead atoms. The van der Waals surface area contributed by atoms with Crippen molar-refractivity contribution in [3.05, 3.63) is 0 Å². The average molecular weight is 233 g/mol. The molecule has 0 aromatic heterocycles. The molecule has 0 saturated carbocycles. The van der Waals surface area contributed by atoms with Crippen LogP contribution in [0.3, 0.4) is 0 Å². The molecule has 0 fully saturated rings. The maximum absolute atomic E-state index is 5.80. The fourth-order valence-corrected chi connectivity index (χ4v) is 4.25. The molecule has 0 amide bonds. The summed E-state index contributed by atoms with van der Waals surface area (Å²) in [7, 11) is 0.138. The number of nitrogens with one attached hydrogen (secondary N) is 1. The van der Waals surface area contributed by atoms with E-state index in [4.69, 9.17) is 8.85 Å². The van der Waals surface area contributed by atoms with Gasteiger partial charge in [0.05, 0.1) is 0 Å². The largest absolute Gasteiger partial charge is 0.395 e. The van der Waals surface area contributed by atoms with Gasteiger partial charge in [-0.25, -0.2) is 0 Å². The Morgan fingerprint density at radius 2 is 1.67 bits per heavy atom. The van der Waals surface area contributed by atoms with E-state index in [1.54, 1.807) is 0 Å². The highest BCUT2D eigenvalue weighted by Gasteiger charge is 2.30. The van der Waals surface area contributed by atoms with Crippen LogP contribution in [0.25, 0.3) is 0 Å². The average Bonchev–Trinajstić information content (AvgIpc) is 2.20. The molecule has 0 aliphatic carbocycles. The molecule has 92 valence electrons. The first-order chi connectivity index (χ1) is 7.11. The van der Waals surface area contributed by atoms with E-state index in [-0.39, 0.29) is 0 Å². The lowest BCUT2D eigenvalue weighted by Crippen LogP contribution is -2.40. The fraction of sp³-hybridized carbons (Fsp3) is 1.00. The zero-order valence-corrected chi connectivity index (χ0v) is 11.9. The maximum atomic E-state index is 5.80. The molecule has 0 heterocycles. The van der Waals surface area contributed by atoms with Gasteiger partial charge in [0.1, 0.15) is 0 Å². The van der Waals surface area contributed by atoms with Gasteiger partial charge in [0.25, 0.3) is 0 Å². The molecule has 1 unspecified atom stereocenters. The lowest BCUT2D eigenvalue weighted by atomic mass is 10.2. The summed E-state index contributed by atoms with van der Waals surface area (Å²) in [6.07, 6.45) is 2.31. The monoisotopic (exact) mass is 233 g/mol. The van der Waals surface area contributed by atoms with Crippen LogP contribution >= 0.6 is 0 Å². The summed E-state index contributed by atoms with van der Waals surface area (Å²) in [5, 5.41) is 3.32. The molecule has 4 heteroatoms. The van der Waals surface area contributed by atoms with Gasteiger partial charge in [-0.15, -0.1) is 0 Å². The van der Waals surface area contributed by atoms with Crippen molar-refractivity contribution in [2.45, 2.75) is 52.2 Å². The smallest absolute Gasteiger partial charge is 0.334 e. The van der Waals surface area contributed by atoms with Gasteiger partial charge in [-0.2, -0.15) is 0 Å². The van der Waals surface area contributed by atoms with E-state index in [9.17, 15) is 0 Å². The van der Waals surface area contributed by atoms with Gasteiger partial charge in [0, 0.05) is 19.3 Å². The molecule has 15 heavy (non-hydrogen) atoms. The zero-order valence-electron chi connectivity index (χ0n) is 10.9. The third kappa shape index (κ3) is 6.30. The molecular weight excluding hydrogens is 206 g/mol. The normalized spacial score (nSPS) is 14.2. The minimum absolute atomic E-state index is 0.595. The molecule has 0 radical (unpaired) electrons. The third-order valence-electron chi connectivity index (χ3n) is 2.75. The Hall–Kier alpha value is 0.0969. The highest BCUT2D eigenvalue weighted by atomic mass is 28.4. The van der Waals surface area contributed by atoms with Crippen molar-refractivity contribution in [1.29, 1.82) is 0 Å². The van der Waals surface area contributed by atoms with Gasteiger partial charge >= 0.3 is 8.56 Å². The van der Waals surface area contributed by atoms with Crippen molar-refractivity contribution in [3.63, 3.8) is 0 Å². The summed E-state index contributed by atoms with van der Waals surface area (Å²) in [5.41, 5.74) is 0. The van der Waals surface area contributed by atoms with E-state index < -0.39 is 8.56 Å². The predicted octanol–water partition coefficient (Wildman–Crippen LogP) is 2.52. The van der Waals surface area contributed by atoms with Crippen LogP contribution in [0.2, 0.25) is 12.6 Å². The molecule has 0 aromatic carbocycles. The lowest BCUT2D eigenvalue weighted by Gasteiger charge is -2.27. The Labute approximate surface area is 95.8 Å². The van der Waals surface area contributed by atoms with Crippen molar-refractivity contribution in [3.8, 4) is 0 Å². The van der Waals surface area contributed by atoms with E-state index in [0.29, 0.717) is 6.04 Å². The van der Waals surface area contributed by atoms with E-state index >= 15 is 0 Å². The molecule has 3 nitrogen and oxygen atoms in total. The van der Waals surface area contributed by atoms with Crippen molar-refractivity contribution >= 4 is 8.56 Å². The summed E-state index contributed by atoms with van der Waals surface area (Å²) in [5.74, 6) is 0. The van der Waals surface area contributed by atoms with Crippen LogP contribution in [0.4, 0.5) is 0 Å². The molecule has 0 saturated heterocycles. The van der Waals surface area contributed by atoms with E-state index in [1.807, 2.05) is 20.9 Å². The van der Waals surface area contributed by atoms with Crippen LogP contribution in [0.5, 0.6) is 0 Å². The van der Waals surface area contributed by atoms with E-state index in [1.165, 1.54) is 6.42 Å². The fourth-order valence-electron chi connectivity index (χ4n) is 1.79. The summed E-state index contributed by atoms with van der Waals surface area (Å²) in [6, 6.07) is 1.67. The standard InChI is InChI=1S/C11H27NO2Si/c1-6-11(12-4)9-10-15(5,13-7-2)14-8-3/h11-12H,6-10H2,1-5H3. The van der Waals surface area contributed by atoms with Gasteiger partial charge in [0.15, 0.2) is 0 Å². The Morgan fingerprint density at radius 1 is 1.13 bits per heavy atom. The summed E-state index contributed by atoms with van der Waals surface area (Å²) < 4.78 is 11.6. The van der Waals surface area contributed by atoms with Crippen LogP contribution in [0.15, 0.2) is 0 Å². The van der Waals surface area contributed by atoms with Crippen molar-refractivity contribution in [1.82, 2.24) is 5.32 Å². The topological polar surface area (TPSA) is 30.5 Å². The third-order valence-corrected chi connectivity index (χ3v) is 5.74. The van der Waals surface area contributed by atoms with Crippen molar-refractivity contribution < 1.29 is 8.85 Å². The zero-order chi connectivity index (χ0) is 11.7. The lowest BCUT2D eigenvalue weighted by molar-refractivity contribution is 0.187. The van der Waals surface area contributed by atoms with Gasteiger partial charge in [-0.05, 0) is 46.3 Å². The molecule has 0 spiro atoms. The van der Waals surface area contributed by atoms with Crippen molar-refractivity contribution in [2.24, 2.45) is 0 Å². The van der Waals surface area contributed by atoms with Gasteiger partial charge in [-0.1, -0.05) is 6.92 Å². The number of hydrogen-bond acceptors (Lipinski definition) is 3. The van der Waals surface area contributed by atoms with Crippen molar-refractivity contribution in [2.75, 3.05) is 20.3 Å². The highest BCUT2D eigenvalue weighted by Crippen LogP contribution is 2.18. The second kappa shape index (κ2) is 8.27. The van der Waals surface area contributed by atoms with E-state index in [2.05, 4.69) is 18.8 Å². The Kier molecular flexibility index (Phi) is 8.33. The van der Waals surface area contributed by atoms with Gasteiger partial charge in [0.2, 0.25) is 0 Å². The van der Waals surface area contributed by atoms with Crippen LogP contribution in [-0.4, -0.2) is 34.9 Å². The first-order valence-corrected chi connectivity index (χ1v) is 8.59. The summed E-state index contributed by atoms with van der Waals surface area (Å²) in [4.78, 5) is 0. The Bertz CT molecular complexity index is 146. The minimum Gasteiger partial charge on any atom is -0.395 e. The van der Waals surface area contributed by atoms with E-state index in [0.717, 1.165) is 25.7 Å². The molecular formula is C11H27NO2Si. The molecule has 1 atom stereocenters. The van der Waals surface area contributed by atoms with Crippen LogP contribution in [0.1, 0.15) is 33.6 Å². The molecule has 0 aliphatic rings. The van der Waals surface area contributed by atoms with Crippen LogP contribution in [0, 0.1) is 0 Å². The Balaban J connectivity index is 4.03. The second-order valence-corrected chi connectivity index (χ2v) is 7.28. The minimum atomic E-state index is -1.88. The second-order valence-electron chi connectivity index (χ2n) is 3.93. The first kappa shape index (κ1) is 15.1. The number of rotatable bonds is 9. The maximum Gasteiger partial charge on any atom is 0.334 e. The first-order valence-electron chi connectivity index (χ1n) is 6.07. The van der Waals surface area contributed by atoms with Crippen LogP contribution < -0.4 is 5.32 Å². The Morgan fingerprint density at radius 3 is 2.00 bits per heavy atom.